The third kappa shape index (κ3) is 7.18. The van der Waals surface area contributed by atoms with Crippen molar-refractivity contribution >= 4 is 34.2 Å². The number of morpholine rings is 1. The minimum atomic E-state index is -2.77. The number of anilines is 2. The smallest absolute Gasteiger partial charge is 0.319 e. The van der Waals surface area contributed by atoms with Crippen LogP contribution in [0.4, 0.5) is 21.1 Å². The Kier molecular flexibility index (Phi) is 7.90. The van der Waals surface area contributed by atoms with E-state index >= 15 is 0 Å². The first-order valence-electron chi connectivity index (χ1n) is 11.4. The largest absolute Gasteiger partial charge is 0.378 e. The molecular weight excluding hydrogens is 474 g/mol. The van der Waals surface area contributed by atoms with Gasteiger partial charge in [0.05, 0.1) is 24.7 Å². The Hall–Kier alpha value is -3.13. The molecule has 0 aliphatic carbocycles. The molecule has 2 aliphatic rings. The Bertz CT molecular complexity index is 1040. The molecule has 5 N–H and O–H groups in total. The maximum absolute atomic E-state index is 12.2. The molecule has 1 aromatic carbocycles. The van der Waals surface area contributed by atoms with Crippen LogP contribution in [0.5, 0.6) is 0 Å². The summed E-state index contributed by atoms with van der Waals surface area (Å²) >= 11 is 0. The van der Waals surface area contributed by atoms with Gasteiger partial charge >= 0.3 is 12.1 Å². The molecule has 35 heavy (non-hydrogen) atoms. The third-order valence-corrected chi connectivity index (χ3v) is 6.38. The monoisotopic (exact) mass is 505 g/mol. The minimum absolute atomic E-state index is 0.0404. The lowest BCUT2D eigenvalue weighted by molar-refractivity contribution is 0.122. The van der Waals surface area contributed by atoms with Crippen molar-refractivity contribution in [3.8, 4) is 11.4 Å². The number of ether oxygens (including phenoxy) is 1. The Labute approximate surface area is 205 Å². The molecule has 2 aliphatic heterocycles. The van der Waals surface area contributed by atoms with Crippen LogP contribution in [0.1, 0.15) is 5.69 Å². The van der Waals surface area contributed by atoms with E-state index < -0.39 is 10.6 Å². The van der Waals surface area contributed by atoms with Crippen LogP contribution < -0.4 is 20.9 Å². The fourth-order valence-electron chi connectivity index (χ4n) is 3.83. The predicted octanol–water partition coefficient (Wildman–Crippen LogP) is 2.01. The van der Waals surface area contributed by atoms with Crippen LogP contribution in [0, 0.1) is 0 Å². The molecule has 0 saturated carbocycles. The summed E-state index contributed by atoms with van der Waals surface area (Å²) < 4.78 is 25.4. The van der Waals surface area contributed by atoms with Crippen LogP contribution in [-0.2, 0) is 10.5 Å². The third-order valence-electron chi connectivity index (χ3n) is 5.54. The molecule has 12 nitrogen and oxygen atoms in total. The summed E-state index contributed by atoms with van der Waals surface area (Å²) in [7, 11) is -2.77. The maximum Gasteiger partial charge on any atom is 0.319 e. The van der Waals surface area contributed by atoms with Crippen LogP contribution >= 0.6 is 10.6 Å². The van der Waals surface area contributed by atoms with Gasteiger partial charge in [-0.05, 0) is 24.3 Å². The van der Waals surface area contributed by atoms with Crippen molar-refractivity contribution in [3.63, 3.8) is 0 Å². The van der Waals surface area contributed by atoms with Crippen LogP contribution in [-0.4, -0.2) is 94.8 Å². The number of nitrogens with zero attached hydrogens (tertiary/aromatic N) is 4. The van der Waals surface area contributed by atoms with Crippen LogP contribution in [0.15, 0.2) is 30.3 Å². The van der Waals surface area contributed by atoms with Crippen molar-refractivity contribution in [3.05, 3.63) is 36.0 Å². The molecule has 3 heterocycles. The Balaban J connectivity index is 1.41. The van der Waals surface area contributed by atoms with E-state index in [4.69, 9.17) is 9.72 Å². The van der Waals surface area contributed by atoms with E-state index in [1.54, 1.807) is 35.2 Å². The topological polar surface area (TPSA) is 152 Å². The second-order valence-corrected chi connectivity index (χ2v) is 10.7. The zero-order chi connectivity index (χ0) is 24.8. The van der Waals surface area contributed by atoms with E-state index in [0.717, 1.165) is 5.56 Å². The molecule has 0 unspecified atom stereocenters. The fraction of sp³-hybridized carbons (Fsp3) is 0.455. The highest BCUT2D eigenvalue weighted by Crippen LogP contribution is 2.38. The average molecular weight is 506 g/mol. The number of carbonyl (C=O) groups excluding carboxylic acids is 2. The molecule has 2 saturated heterocycles. The molecule has 4 amide bonds. The van der Waals surface area contributed by atoms with E-state index in [1.165, 1.54) is 6.26 Å². The summed E-state index contributed by atoms with van der Waals surface area (Å²) in [5.74, 6) is 1.22. The van der Waals surface area contributed by atoms with E-state index in [-0.39, 0.29) is 17.8 Å². The zero-order valence-electron chi connectivity index (χ0n) is 19.6. The number of aromatic nitrogens is 2. The number of carbonyl (C=O) groups is 2. The van der Waals surface area contributed by atoms with Crippen LogP contribution in [0.2, 0.25) is 0 Å². The van der Waals surface area contributed by atoms with E-state index in [1.807, 2.05) is 0 Å². The van der Waals surface area contributed by atoms with Gasteiger partial charge in [0.25, 0.3) is 0 Å². The van der Waals surface area contributed by atoms with Gasteiger partial charge in [0.1, 0.15) is 5.82 Å². The molecule has 0 atom stereocenters. The minimum Gasteiger partial charge on any atom is -0.378 e. The van der Waals surface area contributed by atoms with Crippen LogP contribution in [0.25, 0.3) is 11.4 Å². The molecule has 0 spiro atoms. The molecule has 2 aromatic rings. The highest BCUT2D eigenvalue weighted by molar-refractivity contribution is 8.23. The first-order chi connectivity index (χ1) is 16.8. The second kappa shape index (κ2) is 11.1. The van der Waals surface area contributed by atoms with Gasteiger partial charge in [0.2, 0.25) is 0 Å². The van der Waals surface area contributed by atoms with Gasteiger partial charge in [-0.15, -0.1) is 0 Å². The van der Waals surface area contributed by atoms with Gasteiger partial charge in [0, 0.05) is 62.8 Å². The summed E-state index contributed by atoms with van der Waals surface area (Å²) in [5, 5.41) is 8.23. The first-order valence-corrected chi connectivity index (χ1v) is 13.5. The van der Waals surface area contributed by atoms with Crippen molar-refractivity contribution in [1.82, 2.24) is 25.5 Å². The number of nitrogens with one attached hydrogen (secondary N) is 3. The first kappa shape index (κ1) is 25.0. The number of rotatable bonds is 8. The highest BCUT2D eigenvalue weighted by Gasteiger charge is 2.19. The molecule has 2 fully saturated rings. The Morgan fingerprint density at radius 1 is 1.17 bits per heavy atom. The van der Waals surface area contributed by atoms with Gasteiger partial charge < -0.3 is 30.5 Å². The average Bonchev–Trinajstić information content (AvgIpc) is 3.23. The highest BCUT2D eigenvalue weighted by atomic mass is 32.3. The fourth-order valence-corrected chi connectivity index (χ4v) is 4.54. The lowest BCUT2D eigenvalue weighted by atomic mass is 10.2. The standard InChI is InChI=1S/C22H31N7O5S/c1-35(32,33)15-18-14-19(28-10-12-34-13-11-28)27-20(25-18)16-2-4-17(5-3-16)26-21(30)23-6-8-29-9-7-24-22(29)31/h2-5,14,32-33H,6-13,15H2,1H3,(H,24,31)(H2,23,26,30). The summed E-state index contributed by atoms with van der Waals surface area (Å²) in [5.41, 5.74) is 1.88. The van der Waals surface area contributed by atoms with E-state index in [9.17, 15) is 18.7 Å². The summed E-state index contributed by atoms with van der Waals surface area (Å²) in [6.45, 7) is 4.64. The van der Waals surface area contributed by atoms with Gasteiger partial charge in [-0.3, -0.25) is 9.11 Å². The maximum atomic E-state index is 12.2. The van der Waals surface area contributed by atoms with Crippen LogP contribution in [0.3, 0.4) is 0 Å². The summed E-state index contributed by atoms with van der Waals surface area (Å²) in [4.78, 5) is 36.7. The lowest BCUT2D eigenvalue weighted by Crippen LogP contribution is -2.38. The normalized spacial score (nSPS) is 16.7. The number of amides is 4. The van der Waals surface area contributed by atoms with Gasteiger partial charge in [-0.1, -0.05) is 0 Å². The van der Waals surface area contributed by atoms with Crippen molar-refractivity contribution in [2.75, 3.05) is 69.0 Å². The lowest BCUT2D eigenvalue weighted by Gasteiger charge is -2.30. The molecule has 13 heteroatoms. The zero-order valence-corrected chi connectivity index (χ0v) is 20.4. The quantitative estimate of drug-likeness (QED) is 0.365. The van der Waals surface area contributed by atoms with Gasteiger partial charge in [-0.25, -0.2) is 19.6 Å². The van der Waals surface area contributed by atoms with Gasteiger partial charge in [0.15, 0.2) is 5.82 Å². The van der Waals surface area contributed by atoms with E-state index in [0.29, 0.717) is 75.5 Å². The number of urea groups is 2. The molecule has 190 valence electrons. The summed E-state index contributed by atoms with van der Waals surface area (Å²) in [6, 6.07) is 8.42. The predicted molar refractivity (Wildman–Crippen MR) is 135 cm³/mol. The molecule has 1 aromatic heterocycles. The molecule has 0 bridgehead atoms. The SMILES string of the molecule is CS(O)(O)Cc1cc(N2CCOCC2)nc(-c2ccc(NC(=O)NCCN3CCNC3=O)cc2)n1. The van der Waals surface area contributed by atoms with Crippen molar-refractivity contribution in [2.24, 2.45) is 0 Å². The summed E-state index contributed by atoms with van der Waals surface area (Å²) in [6.07, 6.45) is 1.40. The van der Waals surface area contributed by atoms with Crippen molar-refractivity contribution in [1.29, 1.82) is 0 Å². The van der Waals surface area contributed by atoms with E-state index in [2.05, 4.69) is 25.8 Å². The van der Waals surface area contributed by atoms with Crippen molar-refractivity contribution < 1.29 is 23.4 Å². The Morgan fingerprint density at radius 2 is 1.91 bits per heavy atom. The molecule has 4 rings (SSSR count). The van der Waals surface area contributed by atoms with Crippen molar-refractivity contribution in [2.45, 2.75) is 5.75 Å². The number of benzene rings is 1. The number of hydrogen-bond donors (Lipinski definition) is 5. The van der Waals surface area contributed by atoms with Gasteiger partial charge in [-0.2, -0.15) is 10.6 Å². The molecule has 0 radical (unpaired) electrons. The number of hydrogen-bond acceptors (Lipinski definition) is 8. The second-order valence-electron chi connectivity index (χ2n) is 8.46. The molecular formula is C22H31N7O5S. The Morgan fingerprint density at radius 3 is 2.57 bits per heavy atom.